The molecule has 0 bridgehead atoms. The van der Waals surface area contributed by atoms with Gasteiger partial charge in [0, 0.05) is 17.1 Å². The first-order chi connectivity index (χ1) is 11.7. The molecule has 0 saturated carbocycles. The highest BCUT2D eigenvalue weighted by molar-refractivity contribution is 5.95. The van der Waals surface area contributed by atoms with E-state index in [1.807, 2.05) is 24.3 Å². The van der Waals surface area contributed by atoms with Crippen LogP contribution in [0.4, 0.5) is 0 Å². The largest absolute Gasteiger partial charge is 0.497 e. The Morgan fingerprint density at radius 1 is 1.38 bits per heavy atom. The molecule has 0 fully saturated rings. The summed E-state index contributed by atoms with van der Waals surface area (Å²) in [5.41, 5.74) is 9.43. The van der Waals surface area contributed by atoms with Gasteiger partial charge in [-0.05, 0) is 49.9 Å². The fraction of sp³-hybridized carbons (Fsp3) is 0.222. The first-order valence-electron chi connectivity index (χ1n) is 7.73. The number of nitrogens with two attached hydrogens (primary N) is 1. The number of ether oxygens (including phenoxy) is 1. The van der Waals surface area contributed by atoms with Crippen molar-refractivity contribution in [3.63, 3.8) is 0 Å². The molecule has 0 atom stereocenters. The lowest BCUT2D eigenvalue weighted by Gasteiger charge is -2.11. The maximum absolute atomic E-state index is 12.1. The summed E-state index contributed by atoms with van der Waals surface area (Å²) in [4.78, 5) is 16.5. The molecule has 3 aromatic rings. The van der Waals surface area contributed by atoms with Crippen LogP contribution in [0, 0.1) is 6.42 Å². The molecule has 0 aliphatic heterocycles. The van der Waals surface area contributed by atoms with E-state index in [2.05, 4.69) is 16.5 Å². The zero-order valence-electron chi connectivity index (χ0n) is 13.2. The highest BCUT2D eigenvalue weighted by Crippen LogP contribution is 2.29. The average Bonchev–Trinajstić information content (AvgIpc) is 3.00. The normalized spacial score (nSPS) is 13.7. The Morgan fingerprint density at radius 3 is 3.04 bits per heavy atom. The van der Waals surface area contributed by atoms with Crippen molar-refractivity contribution in [2.45, 2.75) is 19.3 Å². The van der Waals surface area contributed by atoms with Crippen LogP contribution in [0.1, 0.15) is 28.2 Å². The molecule has 1 aromatic carbocycles. The number of rotatable bonds is 3. The van der Waals surface area contributed by atoms with Gasteiger partial charge < -0.3 is 10.5 Å². The lowest BCUT2D eigenvalue weighted by Crippen LogP contribution is -2.19. The summed E-state index contributed by atoms with van der Waals surface area (Å²) in [6.07, 6.45) is 7.18. The van der Waals surface area contributed by atoms with Gasteiger partial charge in [0.25, 0.3) is 5.91 Å². The second kappa shape index (κ2) is 5.63. The third kappa shape index (κ3) is 2.22. The molecule has 120 valence electrons. The molecule has 2 heterocycles. The van der Waals surface area contributed by atoms with E-state index in [0.717, 1.165) is 46.4 Å². The fourth-order valence-corrected chi connectivity index (χ4v) is 3.15. The summed E-state index contributed by atoms with van der Waals surface area (Å²) in [7, 11) is 1.62. The molecule has 2 radical (unpaired) electrons. The summed E-state index contributed by atoms with van der Waals surface area (Å²) in [5, 5.41) is 5.51. The number of carbonyl (C=O) groups excluding carboxylic acids is 1. The van der Waals surface area contributed by atoms with Gasteiger partial charge in [-0.15, -0.1) is 0 Å². The Balaban J connectivity index is 2.01. The van der Waals surface area contributed by atoms with Crippen LogP contribution in [-0.4, -0.2) is 27.8 Å². The van der Waals surface area contributed by atoms with Gasteiger partial charge >= 0.3 is 0 Å². The van der Waals surface area contributed by atoms with Crippen molar-refractivity contribution in [1.29, 1.82) is 0 Å². The van der Waals surface area contributed by atoms with Crippen molar-refractivity contribution in [2.75, 3.05) is 7.11 Å². The molecule has 4 rings (SSSR count). The Hall–Kier alpha value is -2.89. The first kappa shape index (κ1) is 14.7. The van der Waals surface area contributed by atoms with Gasteiger partial charge in [-0.2, -0.15) is 5.10 Å². The summed E-state index contributed by atoms with van der Waals surface area (Å²) in [6, 6.07) is 7.46. The van der Waals surface area contributed by atoms with Gasteiger partial charge in [0.15, 0.2) is 0 Å². The molecule has 0 saturated heterocycles. The van der Waals surface area contributed by atoms with Gasteiger partial charge in [0.1, 0.15) is 11.4 Å². The van der Waals surface area contributed by atoms with Gasteiger partial charge in [-0.1, -0.05) is 0 Å². The zero-order valence-corrected chi connectivity index (χ0v) is 13.2. The van der Waals surface area contributed by atoms with Crippen LogP contribution in [0.3, 0.4) is 0 Å². The minimum absolute atomic E-state index is 0.424. The van der Waals surface area contributed by atoms with Crippen molar-refractivity contribution in [2.24, 2.45) is 5.73 Å². The van der Waals surface area contributed by atoms with Crippen LogP contribution in [0.15, 0.2) is 30.5 Å². The molecule has 24 heavy (non-hydrogen) atoms. The quantitative estimate of drug-likeness (QED) is 0.801. The highest BCUT2D eigenvalue weighted by Gasteiger charge is 2.25. The highest BCUT2D eigenvalue weighted by atomic mass is 16.5. The summed E-state index contributed by atoms with van der Waals surface area (Å²) >= 11 is 0. The van der Waals surface area contributed by atoms with Crippen molar-refractivity contribution in [1.82, 2.24) is 14.8 Å². The molecule has 6 heteroatoms. The summed E-state index contributed by atoms with van der Waals surface area (Å²) < 4.78 is 6.96. The van der Waals surface area contributed by atoms with Gasteiger partial charge in [0.2, 0.25) is 0 Å². The maximum atomic E-state index is 12.1. The van der Waals surface area contributed by atoms with E-state index < -0.39 is 5.91 Å². The number of carbonyl (C=O) groups is 1. The van der Waals surface area contributed by atoms with Crippen molar-refractivity contribution < 1.29 is 9.53 Å². The number of aromatic nitrogens is 3. The lowest BCUT2D eigenvalue weighted by atomic mass is 9.95. The van der Waals surface area contributed by atoms with Crippen LogP contribution >= 0.6 is 0 Å². The third-order valence-corrected chi connectivity index (χ3v) is 4.29. The van der Waals surface area contributed by atoms with Crippen LogP contribution in [0.5, 0.6) is 5.75 Å². The van der Waals surface area contributed by atoms with Gasteiger partial charge in [-0.25, -0.2) is 4.68 Å². The van der Waals surface area contributed by atoms with Crippen LogP contribution in [-0.2, 0) is 12.8 Å². The van der Waals surface area contributed by atoms with Crippen LogP contribution < -0.4 is 10.5 Å². The van der Waals surface area contributed by atoms with E-state index in [1.54, 1.807) is 18.0 Å². The Bertz CT molecular complexity index is 946. The number of hydrogen-bond donors (Lipinski definition) is 1. The van der Waals surface area contributed by atoms with E-state index in [-0.39, 0.29) is 0 Å². The predicted octanol–water partition coefficient (Wildman–Crippen LogP) is 2.10. The molecular weight excluding hydrogens is 304 g/mol. The molecule has 1 aliphatic rings. The topological polar surface area (TPSA) is 83.0 Å². The first-order valence-corrected chi connectivity index (χ1v) is 7.73. The number of hydrogen-bond acceptors (Lipinski definition) is 4. The number of pyridine rings is 1. The van der Waals surface area contributed by atoms with E-state index in [9.17, 15) is 4.79 Å². The van der Waals surface area contributed by atoms with Crippen molar-refractivity contribution in [3.8, 4) is 11.4 Å². The SMILES string of the molecule is COc1ccc2nccc(-n3nc4c(c3C(N)=O)C[C]CC4)c2c1. The summed E-state index contributed by atoms with van der Waals surface area (Å²) in [6.45, 7) is 0. The number of fused-ring (bicyclic) bond motifs is 2. The Morgan fingerprint density at radius 2 is 2.25 bits per heavy atom. The molecule has 1 aliphatic carbocycles. The molecule has 6 nitrogen and oxygen atoms in total. The van der Waals surface area contributed by atoms with Gasteiger partial charge in [-0.3, -0.25) is 9.78 Å². The minimum Gasteiger partial charge on any atom is -0.497 e. The zero-order chi connectivity index (χ0) is 16.7. The van der Waals surface area contributed by atoms with E-state index in [0.29, 0.717) is 12.1 Å². The number of methoxy groups -OCH3 is 1. The molecule has 2 N–H and O–H groups in total. The van der Waals surface area contributed by atoms with Gasteiger partial charge in [0.05, 0.1) is 24.0 Å². The molecule has 1 amide bonds. The van der Waals surface area contributed by atoms with E-state index >= 15 is 0 Å². The number of aryl methyl sites for hydroxylation is 1. The van der Waals surface area contributed by atoms with Crippen molar-refractivity contribution in [3.05, 3.63) is 53.8 Å². The van der Waals surface area contributed by atoms with E-state index in [4.69, 9.17) is 10.5 Å². The third-order valence-electron chi connectivity index (χ3n) is 4.29. The minimum atomic E-state index is -0.486. The fourth-order valence-electron chi connectivity index (χ4n) is 3.15. The monoisotopic (exact) mass is 320 g/mol. The molecule has 2 aromatic heterocycles. The van der Waals surface area contributed by atoms with Crippen LogP contribution in [0.2, 0.25) is 0 Å². The Kier molecular flexibility index (Phi) is 3.45. The molecular formula is C18H16N4O2. The second-order valence-corrected chi connectivity index (χ2v) is 5.69. The predicted molar refractivity (Wildman–Crippen MR) is 89.2 cm³/mol. The second-order valence-electron chi connectivity index (χ2n) is 5.69. The smallest absolute Gasteiger partial charge is 0.267 e. The lowest BCUT2D eigenvalue weighted by molar-refractivity contribution is 0.0992. The standard InChI is InChI=1S/C18H16N4O2/c1-24-11-6-7-14-13(10-11)16(8-9-20-14)22-17(18(19)23)12-4-2-3-5-15(12)21-22/h6-10H,3-5H2,1H3,(H2,19,23). The summed E-state index contributed by atoms with van der Waals surface area (Å²) in [5.74, 6) is 0.233. The van der Waals surface area contributed by atoms with Crippen LogP contribution in [0.25, 0.3) is 16.6 Å². The number of nitrogens with zero attached hydrogens (tertiary/aromatic N) is 3. The van der Waals surface area contributed by atoms with Crippen molar-refractivity contribution >= 4 is 16.8 Å². The number of amides is 1. The molecule has 0 spiro atoms. The average molecular weight is 320 g/mol. The Labute approximate surface area is 139 Å². The molecule has 0 unspecified atom stereocenters. The number of primary amides is 1. The maximum Gasteiger partial charge on any atom is 0.267 e. The van der Waals surface area contributed by atoms with E-state index in [1.165, 1.54) is 0 Å². The number of benzene rings is 1.